The summed E-state index contributed by atoms with van der Waals surface area (Å²) in [5.41, 5.74) is -0.0703. The number of sulfonamides is 1. The van der Waals surface area contributed by atoms with Crippen molar-refractivity contribution in [2.75, 3.05) is 46.0 Å². The van der Waals surface area contributed by atoms with Gasteiger partial charge in [-0.1, -0.05) is 0 Å². The van der Waals surface area contributed by atoms with Crippen LogP contribution in [0, 0.1) is 10.1 Å². The maximum Gasteiger partial charge on any atom is 0.269 e. The van der Waals surface area contributed by atoms with Gasteiger partial charge < -0.3 is 19.1 Å². The van der Waals surface area contributed by atoms with E-state index in [1.807, 2.05) is 0 Å². The average molecular weight is 463 g/mol. The van der Waals surface area contributed by atoms with Gasteiger partial charge in [-0.25, -0.2) is 8.42 Å². The number of piperazine rings is 1. The topological polar surface area (TPSA) is 129 Å². The van der Waals surface area contributed by atoms with Crippen LogP contribution in [0.25, 0.3) is 0 Å². The molecule has 2 aromatic rings. The lowest BCUT2D eigenvalue weighted by molar-refractivity contribution is -0.384. The van der Waals surface area contributed by atoms with E-state index in [-0.39, 0.29) is 49.3 Å². The van der Waals surface area contributed by atoms with Gasteiger partial charge in [0.1, 0.15) is 19.0 Å². The zero-order valence-electron chi connectivity index (χ0n) is 17.0. The first-order valence-corrected chi connectivity index (χ1v) is 11.3. The van der Waals surface area contributed by atoms with Crippen molar-refractivity contribution < 1.29 is 32.3 Å². The lowest BCUT2D eigenvalue weighted by atomic mass is 10.3. The van der Waals surface area contributed by atoms with Crippen molar-refractivity contribution in [3.05, 3.63) is 52.6 Å². The Labute approximate surface area is 184 Å². The fourth-order valence-corrected chi connectivity index (χ4v) is 4.85. The molecule has 32 heavy (non-hydrogen) atoms. The van der Waals surface area contributed by atoms with Gasteiger partial charge >= 0.3 is 0 Å². The first-order valence-electron chi connectivity index (χ1n) is 9.89. The number of hydrogen-bond donors (Lipinski definition) is 0. The van der Waals surface area contributed by atoms with Gasteiger partial charge in [0.25, 0.3) is 11.6 Å². The van der Waals surface area contributed by atoms with E-state index >= 15 is 0 Å². The third-order valence-electron chi connectivity index (χ3n) is 5.15. The Morgan fingerprint density at radius 3 is 2.31 bits per heavy atom. The smallest absolute Gasteiger partial charge is 0.269 e. The van der Waals surface area contributed by atoms with Crippen molar-refractivity contribution in [1.82, 2.24) is 9.21 Å². The second kappa shape index (κ2) is 9.01. The van der Waals surface area contributed by atoms with E-state index in [0.29, 0.717) is 30.5 Å². The van der Waals surface area contributed by atoms with Crippen LogP contribution in [0.1, 0.15) is 0 Å². The summed E-state index contributed by atoms with van der Waals surface area (Å²) in [6.07, 6.45) is 0. The van der Waals surface area contributed by atoms with Crippen LogP contribution in [0.5, 0.6) is 17.2 Å². The number of nitrogens with zero attached hydrogens (tertiary/aromatic N) is 3. The molecule has 2 aliphatic rings. The molecule has 170 valence electrons. The zero-order valence-corrected chi connectivity index (χ0v) is 17.8. The molecule has 1 fully saturated rings. The number of non-ortho nitro benzene ring substituents is 1. The summed E-state index contributed by atoms with van der Waals surface area (Å²) in [5.74, 6) is 0.955. The summed E-state index contributed by atoms with van der Waals surface area (Å²) < 4.78 is 43.6. The highest BCUT2D eigenvalue weighted by Crippen LogP contribution is 2.33. The Hall–Kier alpha value is -3.38. The molecule has 0 unspecified atom stereocenters. The van der Waals surface area contributed by atoms with Crippen molar-refractivity contribution in [3.8, 4) is 17.2 Å². The summed E-state index contributed by atoms with van der Waals surface area (Å²) in [5, 5.41) is 10.7. The Morgan fingerprint density at radius 1 is 1.00 bits per heavy atom. The largest absolute Gasteiger partial charge is 0.486 e. The Balaban J connectivity index is 1.32. The molecule has 0 radical (unpaired) electrons. The number of carbonyl (C=O) groups excluding carboxylic acids is 1. The summed E-state index contributed by atoms with van der Waals surface area (Å²) >= 11 is 0. The van der Waals surface area contributed by atoms with Crippen LogP contribution in [0.4, 0.5) is 5.69 Å². The van der Waals surface area contributed by atoms with Gasteiger partial charge in [-0.05, 0) is 24.3 Å². The van der Waals surface area contributed by atoms with Crippen molar-refractivity contribution >= 4 is 21.6 Å². The van der Waals surface area contributed by atoms with Gasteiger partial charge in [0.15, 0.2) is 18.1 Å². The summed E-state index contributed by atoms with van der Waals surface area (Å²) in [6.45, 7) is 1.30. The number of hydrogen-bond acceptors (Lipinski definition) is 8. The van der Waals surface area contributed by atoms with E-state index in [1.54, 1.807) is 6.07 Å². The molecule has 0 saturated carbocycles. The number of rotatable bonds is 6. The van der Waals surface area contributed by atoms with Crippen LogP contribution >= 0.6 is 0 Å². The summed E-state index contributed by atoms with van der Waals surface area (Å²) in [4.78, 5) is 24.2. The van der Waals surface area contributed by atoms with Gasteiger partial charge in [-0.2, -0.15) is 4.31 Å². The normalized spacial score (nSPS) is 16.4. The first-order chi connectivity index (χ1) is 15.3. The highest BCUT2D eigenvalue weighted by molar-refractivity contribution is 7.89. The molecule has 4 rings (SSSR count). The average Bonchev–Trinajstić information content (AvgIpc) is 2.82. The molecule has 2 aromatic carbocycles. The van der Waals surface area contributed by atoms with Gasteiger partial charge in [0.05, 0.1) is 9.82 Å². The quantitative estimate of drug-likeness (QED) is 0.463. The fraction of sp³-hybridized carbons (Fsp3) is 0.350. The van der Waals surface area contributed by atoms with Crippen molar-refractivity contribution in [2.45, 2.75) is 4.90 Å². The SMILES string of the molecule is O=C(COc1ccc([N+](=O)[O-])cc1)N1CCN(S(=O)(=O)c2ccc3c(c2)OCCO3)CC1. The number of nitro benzene ring substituents is 1. The van der Waals surface area contributed by atoms with E-state index in [9.17, 15) is 23.3 Å². The molecular formula is C20H21N3O8S. The molecular weight excluding hydrogens is 442 g/mol. The number of fused-ring (bicyclic) bond motifs is 1. The fourth-order valence-electron chi connectivity index (χ4n) is 3.41. The van der Waals surface area contributed by atoms with Gasteiger partial charge in [0, 0.05) is 44.4 Å². The van der Waals surface area contributed by atoms with Crippen LogP contribution in [0.2, 0.25) is 0 Å². The predicted molar refractivity (Wildman–Crippen MR) is 111 cm³/mol. The van der Waals surface area contributed by atoms with Crippen LogP contribution in [-0.4, -0.2) is 74.5 Å². The number of ether oxygens (including phenoxy) is 3. The minimum absolute atomic E-state index is 0.0703. The number of carbonyl (C=O) groups is 1. The molecule has 11 nitrogen and oxygen atoms in total. The number of amides is 1. The second-order valence-corrected chi connectivity index (χ2v) is 9.07. The molecule has 2 aliphatic heterocycles. The number of nitro groups is 1. The Bertz CT molecular complexity index is 1110. The highest BCUT2D eigenvalue weighted by Gasteiger charge is 2.31. The van der Waals surface area contributed by atoms with Gasteiger partial charge in [0.2, 0.25) is 10.0 Å². The highest BCUT2D eigenvalue weighted by atomic mass is 32.2. The maximum absolute atomic E-state index is 13.0. The van der Waals surface area contributed by atoms with E-state index in [2.05, 4.69) is 0 Å². The van der Waals surface area contributed by atoms with E-state index in [0.717, 1.165) is 0 Å². The third kappa shape index (κ3) is 4.60. The van der Waals surface area contributed by atoms with Crippen LogP contribution in [0.15, 0.2) is 47.4 Å². The van der Waals surface area contributed by atoms with Crippen LogP contribution in [-0.2, 0) is 14.8 Å². The zero-order chi connectivity index (χ0) is 22.7. The Kier molecular flexibility index (Phi) is 6.15. The van der Waals surface area contributed by atoms with Gasteiger partial charge in [-0.3, -0.25) is 14.9 Å². The lowest BCUT2D eigenvalue weighted by Gasteiger charge is -2.34. The molecule has 0 atom stereocenters. The maximum atomic E-state index is 13.0. The minimum atomic E-state index is -3.74. The van der Waals surface area contributed by atoms with Gasteiger partial charge in [-0.15, -0.1) is 0 Å². The first kappa shape index (κ1) is 21.8. The summed E-state index contributed by atoms with van der Waals surface area (Å²) in [7, 11) is -3.74. The predicted octanol–water partition coefficient (Wildman–Crippen LogP) is 1.28. The second-order valence-electron chi connectivity index (χ2n) is 7.13. The van der Waals surface area contributed by atoms with Crippen molar-refractivity contribution in [3.63, 3.8) is 0 Å². The third-order valence-corrected chi connectivity index (χ3v) is 7.05. The van der Waals surface area contributed by atoms with Crippen molar-refractivity contribution in [2.24, 2.45) is 0 Å². The monoisotopic (exact) mass is 463 g/mol. The number of benzene rings is 2. The molecule has 12 heteroatoms. The Morgan fingerprint density at radius 2 is 1.66 bits per heavy atom. The standard InChI is InChI=1S/C20H21N3O8S/c24-20(14-31-16-3-1-15(2-4-16)23(25)26)21-7-9-22(10-8-21)32(27,28)17-5-6-18-19(13-17)30-12-11-29-18/h1-6,13H,7-12,14H2. The van der Waals surface area contributed by atoms with E-state index in [4.69, 9.17) is 14.2 Å². The van der Waals surface area contributed by atoms with E-state index in [1.165, 1.54) is 45.6 Å². The molecule has 0 bridgehead atoms. The molecule has 0 aromatic heterocycles. The van der Waals surface area contributed by atoms with E-state index < -0.39 is 14.9 Å². The lowest BCUT2D eigenvalue weighted by Crippen LogP contribution is -2.51. The molecule has 0 N–H and O–H groups in total. The molecule has 1 amide bonds. The van der Waals surface area contributed by atoms with Crippen LogP contribution in [0.3, 0.4) is 0 Å². The molecule has 2 heterocycles. The summed E-state index contributed by atoms with van der Waals surface area (Å²) in [6, 6.07) is 9.95. The minimum Gasteiger partial charge on any atom is -0.486 e. The molecule has 0 aliphatic carbocycles. The molecule has 1 saturated heterocycles. The van der Waals surface area contributed by atoms with Crippen molar-refractivity contribution in [1.29, 1.82) is 0 Å². The molecule has 0 spiro atoms. The van der Waals surface area contributed by atoms with Crippen LogP contribution < -0.4 is 14.2 Å².